The van der Waals surface area contributed by atoms with Crippen LogP contribution in [-0.4, -0.2) is 23.3 Å². The van der Waals surface area contributed by atoms with E-state index in [0.29, 0.717) is 17.6 Å². The summed E-state index contributed by atoms with van der Waals surface area (Å²) in [5.74, 6) is 1.46. The van der Waals surface area contributed by atoms with Crippen LogP contribution in [0.1, 0.15) is 38.2 Å². The summed E-state index contributed by atoms with van der Waals surface area (Å²) in [6.45, 7) is 4.11. The van der Waals surface area contributed by atoms with Crippen molar-refractivity contribution < 1.29 is 4.79 Å². The highest BCUT2D eigenvalue weighted by Crippen LogP contribution is 2.36. The van der Waals surface area contributed by atoms with Gasteiger partial charge in [-0.05, 0) is 31.2 Å². The zero-order valence-corrected chi connectivity index (χ0v) is 11.7. The molecule has 0 spiro atoms. The van der Waals surface area contributed by atoms with E-state index in [0.717, 1.165) is 19.5 Å². The summed E-state index contributed by atoms with van der Waals surface area (Å²) in [4.78, 5) is 14.9. The monoisotopic (exact) mass is 257 g/mol. The number of carbonyl (C=O) groups excluding carboxylic acids is 1. The third kappa shape index (κ3) is 2.59. The van der Waals surface area contributed by atoms with Gasteiger partial charge >= 0.3 is 0 Å². The maximum atomic E-state index is 12.5. The second-order valence-corrected chi connectivity index (χ2v) is 6.14. The number of fused-ring (bicyclic) bond motifs is 1. The zero-order valence-electron chi connectivity index (χ0n) is 11.7. The minimum absolute atomic E-state index is 0.0968. The Labute approximate surface area is 115 Å². The number of ketones is 1. The second-order valence-electron chi connectivity index (χ2n) is 6.14. The first kappa shape index (κ1) is 12.9. The van der Waals surface area contributed by atoms with Crippen molar-refractivity contribution >= 4 is 5.78 Å². The Morgan fingerprint density at radius 3 is 2.68 bits per heavy atom. The molecule has 1 saturated heterocycles. The van der Waals surface area contributed by atoms with Gasteiger partial charge in [0.2, 0.25) is 0 Å². The first-order chi connectivity index (χ1) is 9.25. The Morgan fingerprint density at radius 2 is 1.89 bits per heavy atom. The number of rotatable bonds is 2. The topological polar surface area (TPSA) is 20.3 Å². The number of benzene rings is 1. The number of hydrogen-bond donors (Lipinski definition) is 0. The van der Waals surface area contributed by atoms with Crippen LogP contribution in [0.4, 0.5) is 0 Å². The Balaban J connectivity index is 1.73. The van der Waals surface area contributed by atoms with E-state index in [4.69, 9.17) is 0 Å². The van der Waals surface area contributed by atoms with Crippen molar-refractivity contribution in [2.45, 2.75) is 45.2 Å². The molecule has 0 N–H and O–H groups in total. The molecule has 2 nitrogen and oxygen atoms in total. The van der Waals surface area contributed by atoms with Gasteiger partial charge in [0, 0.05) is 19.0 Å². The van der Waals surface area contributed by atoms with Crippen LogP contribution in [0.2, 0.25) is 0 Å². The molecule has 3 rings (SSSR count). The smallest absolute Gasteiger partial charge is 0.153 e. The predicted molar refractivity (Wildman–Crippen MR) is 76.8 cm³/mol. The van der Waals surface area contributed by atoms with Crippen LogP contribution in [0.5, 0.6) is 0 Å². The number of piperidine rings is 1. The molecule has 1 saturated carbocycles. The summed E-state index contributed by atoms with van der Waals surface area (Å²) >= 11 is 0. The van der Waals surface area contributed by atoms with Crippen LogP contribution in [-0.2, 0) is 11.3 Å². The van der Waals surface area contributed by atoms with Crippen molar-refractivity contribution in [2.24, 2.45) is 11.8 Å². The Bertz CT molecular complexity index is 442. The van der Waals surface area contributed by atoms with Gasteiger partial charge in [-0.2, -0.15) is 0 Å². The normalized spacial score (nSPS) is 32.1. The van der Waals surface area contributed by atoms with Gasteiger partial charge in [0.1, 0.15) is 0 Å². The predicted octanol–water partition coefficient (Wildman–Crippen LogP) is 3.27. The molecule has 0 amide bonds. The zero-order chi connectivity index (χ0) is 13.2. The van der Waals surface area contributed by atoms with Gasteiger partial charge in [0.25, 0.3) is 0 Å². The molecule has 3 atom stereocenters. The van der Waals surface area contributed by atoms with Crippen molar-refractivity contribution in [3.05, 3.63) is 35.9 Å². The molecule has 2 fully saturated rings. The van der Waals surface area contributed by atoms with E-state index in [2.05, 4.69) is 36.1 Å². The standard InChI is InChI=1S/C17H23NO/c1-13-17(19)16-10-6-5-9-15(16)12-18(13)11-14-7-3-2-4-8-14/h2-4,7-8,13,15-16H,5-6,9-12H2,1H3/t13-,15-,16-/m0/s1. The fourth-order valence-electron chi connectivity index (χ4n) is 3.77. The summed E-state index contributed by atoms with van der Waals surface area (Å²) < 4.78 is 0. The van der Waals surface area contributed by atoms with E-state index in [9.17, 15) is 4.79 Å². The average Bonchev–Trinajstić information content (AvgIpc) is 2.46. The fourth-order valence-corrected chi connectivity index (χ4v) is 3.77. The quantitative estimate of drug-likeness (QED) is 0.810. The summed E-state index contributed by atoms with van der Waals surface area (Å²) in [6, 6.07) is 10.6. The molecule has 0 radical (unpaired) electrons. The maximum Gasteiger partial charge on any atom is 0.153 e. The van der Waals surface area contributed by atoms with Gasteiger partial charge in [-0.3, -0.25) is 9.69 Å². The van der Waals surface area contributed by atoms with Crippen LogP contribution in [0.3, 0.4) is 0 Å². The van der Waals surface area contributed by atoms with Crippen LogP contribution in [0.25, 0.3) is 0 Å². The van der Waals surface area contributed by atoms with E-state index in [1.807, 2.05) is 6.07 Å². The average molecular weight is 257 g/mol. The van der Waals surface area contributed by atoms with Crippen molar-refractivity contribution in [3.63, 3.8) is 0 Å². The molecule has 1 aromatic carbocycles. The van der Waals surface area contributed by atoms with Crippen molar-refractivity contribution in [1.82, 2.24) is 4.90 Å². The lowest BCUT2D eigenvalue weighted by Crippen LogP contribution is -2.52. The third-order valence-electron chi connectivity index (χ3n) is 4.93. The lowest BCUT2D eigenvalue weighted by molar-refractivity contribution is -0.136. The van der Waals surface area contributed by atoms with Crippen molar-refractivity contribution in [1.29, 1.82) is 0 Å². The van der Waals surface area contributed by atoms with Gasteiger partial charge < -0.3 is 0 Å². The molecular weight excluding hydrogens is 234 g/mol. The van der Waals surface area contributed by atoms with Crippen molar-refractivity contribution in [3.8, 4) is 0 Å². The molecule has 1 aliphatic heterocycles. The molecule has 2 heteroatoms. The van der Waals surface area contributed by atoms with Crippen LogP contribution in [0, 0.1) is 11.8 Å². The molecule has 102 valence electrons. The molecule has 2 aliphatic rings. The molecule has 1 aliphatic carbocycles. The molecular formula is C17H23NO. The molecule has 0 unspecified atom stereocenters. The summed E-state index contributed by atoms with van der Waals surface area (Å²) in [6.07, 6.45) is 4.93. The van der Waals surface area contributed by atoms with Crippen molar-refractivity contribution in [2.75, 3.05) is 6.54 Å². The highest BCUT2D eigenvalue weighted by Gasteiger charge is 2.40. The Hall–Kier alpha value is -1.15. The molecule has 0 bridgehead atoms. The molecule has 0 aromatic heterocycles. The number of carbonyl (C=O) groups is 1. The van der Waals surface area contributed by atoms with Gasteiger partial charge in [-0.25, -0.2) is 0 Å². The van der Waals surface area contributed by atoms with Crippen LogP contribution >= 0.6 is 0 Å². The van der Waals surface area contributed by atoms with E-state index in [1.54, 1.807) is 0 Å². The second kappa shape index (κ2) is 5.46. The van der Waals surface area contributed by atoms with Crippen LogP contribution in [0.15, 0.2) is 30.3 Å². The van der Waals surface area contributed by atoms with Crippen LogP contribution < -0.4 is 0 Å². The van der Waals surface area contributed by atoms with E-state index in [1.165, 1.54) is 24.8 Å². The summed E-state index contributed by atoms with van der Waals surface area (Å²) in [5, 5.41) is 0. The lowest BCUT2D eigenvalue weighted by Gasteiger charge is -2.43. The SMILES string of the molecule is C[C@H]1C(=O)[C@H]2CCCC[C@H]2CN1Cc1ccccc1. The Morgan fingerprint density at radius 1 is 1.16 bits per heavy atom. The van der Waals surface area contributed by atoms with Gasteiger partial charge in [0.15, 0.2) is 5.78 Å². The minimum atomic E-state index is 0.0968. The lowest BCUT2D eigenvalue weighted by atomic mass is 9.72. The highest BCUT2D eigenvalue weighted by atomic mass is 16.1. The van der Waals surface area contributed by atoms with Gasteiger partial charge in [-0.1, -0.05) is 43.2 Å². The summed E-state index contributed by atoms with van der Waals surface area (Å²) in [5.41, 5.74) is 1.32. The van der Waals surface area contributed by atoms with Gasteiger partial charge in [-0.15, -0.1) is 0 Å². The van der Waals surface area contributed by atoms with E-state index in [-0.39, 0.29) is 6.04 Å². The number of nitrogens with zero attached hydrogens (tertiary/aromatic N) is 1. The third-order valence-corrected chi connectivity index (χ3v) is 4.93. The largest absolute Gasteiger partial charge is 0.298 e. The Kier molecular flexibility index (Phi) is 3.69. The molecule has 1 aromatic rings. The highest BCUT2D eigenvalue weighted by molar-refractivity contribution is 5.87. The van der Waals surface area contributed by atoms with Gasteiger partial charge in [0.05, 0.1) is 6.04 Å². The number of Topliss-reactive ketones (excluding diaryl/α,β-unsaturated/α-hetero) is 1. The fraction of sp³-hybridized carbons (Fsp3) is 0.588. The van der Waals surface area contributed by atoms with E-state index < -0.39 is 0 Å². The molecule has 19 heavy (non-hydrogen) atoms. The first-order valence-electron chi connectivity index (χ1n) is 7.57. The number of likely N-dealkylation sites (tertiary alicyclic amines) is 1. The first-order valence-corrected chi connectivity index (χ1v) is 7.57. The number of hydrogen-bond acceptors (Lipinski definition) is 2. The van der Waals surface area contributed by atoms with E-state index >= 15 is 0 Å². The molecule has 1 heterocycles. The summed E-state index contributed by atoms with van der Waals surface area (Å²) in [7, 11) is 0. The maximum absolute atomic E-state index is 12.5. The minimum Gasteiger partial charge on any atom is -0.298 e.